The number of nitrogens with one attached hydrogen (secondary N) is 1. The summed E-state index contributed by atoms with van der Waals surface area (Å²) >= 11 is 0. The van der Waals surface area contributed by atoms with E-state index in [2.05, 4.69) is 10.3 Å². The lowest BCUT2D eigenvalue weighted by molar-refractivity contribution is 0.0866. The van der Waals surface area contributed by atoms with Crippen LogP contribution in [0.5, 0.6) is 0 Å². The van der Waals surface area contributed by atoms with Crippen molar-refractivity contribution in [1.29, 1.82) is 0 Å². The third-order valence-corrected chi connectivity index (χ3v) is 3.34. The summed E-state index contributed by atoms with van der Waals surface area (Å²) in [6.07, 6.45) is 0. The van der Waals surface area contributed by atoms with Crippen LogP contribution in [0, 0.1) is 5.92 Å². The molecule has 0 spiro atoms. The number of nitrogens with zero attached hydrogens (tertiary/aromatic N) is 1. The predicted molar refractivity (Wildman–Crippen MR) is 85.3 cm³/mol. The van der Waals surface area contributed by atoms with Gasteiger partial charge in [0, 0.05) is 23.8 Å². The number of nitrogen functional groups attached to an aromatic ring is 1. The van der Waals surface area contributed by atoms with E-state index in [1.807, 2.05) is 34.6 Å². The first kappa shape index (κ1) is 17.4. The number of hydrogen-bond donors (Lipinski definition) is 2. The molecule has 0 aliphatic carbocycles. The molecule has 1 rings (SSSR count). The summed E-state index contributed by atoms with van der Waals surface area (Å²) in [5.74, 6) is 0.501. The zero-order valence-corrected chi connectivity index (χ0v) is 13.9. The molecule has 0 aromatic carbocycles. The van der Waals surface area contributed by atoms with E-state index in [9.17, 15) is 4.79 Å². The molecule has 1 atom stereocenters. The van der Waals surface area contributed by atoms with Gasteiger partial charge in [-0.25, -0.2) is 4.98 Å². The van der Waals surface area contributed by atoms with Crippen LogP contribution >= 0.6 is 0 Å². The van der Waals surface area contributed by atoms with Crippen LogP contribution in [0.4, 0.5) is 5.82 Å². The van der Waals surface area contributed by atoms with Gasteiger partial charge in [0.2, 0.25) is 0 Å². The number of carbonyl (C=O) groups excluding carboxylic acids is 1. The van der Waals surface area contributed by atoms with E-state index in [0.717, 1.165) is 5.69 Å². The second kappa shape index (κ2) is 6.89. The lowest BCUT2D eigenvalue weighted by atomic mass is 9.90. The SMILES string of the molecule is COCC(NC(=O)c1cc(N)nc(C(C)(C)C)c1)C(C)C. The van der Waals surface area contributed by atoms with Crippen molar-refractivity contribution in [3.05, 3.63) is 23.4 Å². The Hall–Kier alpha value is -1.62. The predicted octanol–water partition coefficient (Wildman–Crippen LogP) is 2.36. The largest absolute Gasteiger partial charge is 0.384 e. The highest BCUT2D eigenvalue weighted by molar-refractivity contribution is 5.95. The van der Waals surface area contributed by atoms with Crippen LogP contribution < -0.4 is 11.1 Å². The fourth-order valence-electron chi connectivity index (χ4n) is 1.90. The van der Waals surface area contributed by atoms with Crippen molar-refractivity contribution in [1.82, 2.24) is 10.3 Å². The van der Waals surface area contributed by atoms with Gasteiger partial charge in [0.1, 0.15) is 5.82 Å². The van der Waals surface area contributed by atoms with Gasteiger partial charge in [-0.2, -0.15) is 0 Å². The summed E-state index contributed by atoms with van der Waals surface area (Å²) < 4.78 is 5.15. The topological polar surface area (TPSA) is 77.2 Å². The summed E-state index contributed by atoms with van der Waals surface area (Å²) in [5.41, 5.74) is 7.01. The van der Waals surface area contributed by atoms with Crippen molar-refractivity contribution in [2.45, 2.75) is 46.1 Å². The minimum Gasteiger partial charge on any atom is -0.384 e. The van der Waals surface area contributed by atoms with E-state index in [0.29, 0.717) is 18.0 Å². The molecule has 3 N–H and O–H groups in total. The zero-order valence-electron chi connectivity index (χ0n) is 13.9. The summed E-state index contributed by atoms with van der Waals surface area (Å²) in [4.78, 5) is 16.7. The molecule has 1 aromatic heterocycles. The third-order valence-electron chi connectivity index (χ3n) is 3.34. The average molecular weight is 293 g/mol. The molecule has 0 radical (unpaired) electrons. The molecule has 0 saturated heterocycles. The van der Waals surface area contributed by atoms with E-state index in [1.165, 1.54) is 0 Å². The van der Waals surface area contributed by atoms with Gasteiger partial charge < -0.3 is 15.8 Å². The maximum atomic E-state index is 12.4. The van der Waals surface area contributed by atoms with E-state index in [4.69, 9.17) is 10.5 Å². The standard InChI is InChI=1S/C16H27N3O2/c1-10(2)12(9-21-6)18-15(20)11-7-13(16(3,4)5)19-14(17)8-11/h7-8,10,12H,9H2,1-6H3,(H2,17,19)(H,18,20). The van der Waals surface area contributed by atoms with Crippen LogP contribution in [-0.2, 0) is 10.2 Å². The highest BCUT2D eigenvalue weighted by Gasteiger charge is 2.21. The van der Waals surface area contributed by atoms with Crippen molar-refractivity contribution >= 4 is 11.7 Å². The number of anilines is 1. The van der Waals surface area contributed by atoms with Crippen molar-refractivity contribution in [2.75, 3.05) is 19.5 Å². The van der Waals surface area contributed by atoms with Gasteiger partial charge in [-0.1, -0.05) is 34.6 Å². The molecule has 5 nitrogen and oxygen atoms in total. The number of amides is 1. The normalized spacial score (nSPS) is 13.3. The van der Waals surface area contributed by atoms with Crippen LogP contribution in [0.25, 0.3) is 0 Å². The molecule has 0 fully saturated rings. The van der Waals surface area contributed by atoms with Crippen LogP contribution in [0.2, 0.25) is 0 Å². The first-order chi connectivity index (χ1) is 9.65. The number of ether oxygens (including phenoxy) is 1. The quantitative estimate of drug-likeness (QED) is 0.873. The molecule has 0 aliphatic rings. The monoisotopic (exact) mass is 293 g/mol. The van der Waals surface area contributed by atoms with Crippen LogP contribution in [0.3, 0.4) is 0 Å². The number of hydrogen-bond acceptors (Lipinski definition) is 4. The fourth-order valence-corrected chi connectivity index (χ4v) is 1.90. The lowest BCUT2D eigenvalue weighted by Crippen LogP contribution is -2.41. The van der Waals surface area contributed by atoms with Gasteiger partial charge in [0.25, 0.3) is 5.91 Å². The molecule has 1 aromatic rings. The molecule has 5 heteroatoms. The molecule has 21 heavy (non-hydrogen) atoms. The molecule has 1 unspecified atom stereocenters. The van der Waals surface area contributed by atoms with Gasteiger partial charge in [-0.15, -0.1) is 0 Å². The van der Waals surface area contributed by atoms with Crippen LogP contribution in [0.15, 0.2) is 12.1 Å². The first-order valence-electron chi connectivity index (χ1n) is 7.23. The number of nitrogens with two attached hydrogens (primary N) is 1. The minimum absolute atomic E-state index is 0.0324. The number of rotatable bonds is 5. The van der Waals surface area contributed by atoms with Gasteiger partial charge in [-0.05, 0) is 18.1 Å². The number of aromatic nitrogens is 1. The van der Waals surface area contributed by atoms with E-state index in [-0.39, 0.29) is 23.3 Å². The van der Waals surface area contributed by atoms with Crippen molar-refractivity contribution in [3.8, 4) is 0 Å². The number of methoxy groups -OCH3 is 1. The van der Waals surface area contributed by atoms with Crippen LogP contribution in [-0.4, -0.2) is 30.6 Å². The zero-order chi connectivity index (χ0) is 16.2. The average Bonchev–Trinajstić information content (AvgIpc) is 2.36. The van der Waals surface area contributed by atoms with E-state index >= 15 is 0 Å². The molecular formula is C16H27N3O2. The number of pyridine rings is 1. The smallest absolute Gasteiger partial charge is 0.251 e. The van der Waals surface area contributed by atoms with E-state index < -0.39 is 0 Å². The highest BCUT2D eigenvalue weighted by Crippen LogP contribution is 2.22. The second-order valence-electron chi connectivity index (χ2n) is 6.70. The Morgan fingerprint density at radius 2 is 2.00 bits per heavy atom. The fraction of sp³-hybridized carbons (Fsp3) is 0.625. The Morgan fingerprint density at radius 1 is 1.38 bits per heavy atom. The van der Waals surface area contributed by atoms with Crippen molar-refractivity contribution in [3.63, 3.8) is 0 Å². The highest BCUT2D eigenvalue weighted by atomic mass is 16.5. The maximum Gasteiger partial charge on any atom is 0.251 e. The van der Waals surface area contributed by atoms with E-state index in [1.54, 1.807) is 19.2 Å². The van der Waals surface area contributed by atoms with Gasteiger partial charge >= 0.3 is 0 Å². The summed E-state index contributed by atoms with van der Waals surface area (Å²) in [6, 6.07) is 3.37. The molecule has 118 valence electrons. The van der Waals surface area contributed by atoms with Gasteiger partial charge in [0.15, 0.2) is 0 Å². The minimum atomic E-state index is -0.158. The summed E-state index contributed by atoms with van der Waals surface area (Å²) in [5, 5.41) is 2.99. The molecule has 0 saturated carbocycles. The molecule has 0 aliphatic heterocycles. The first-order valence-corrected chi connectivity index (χ1v) is 7.23. The Kier molecular flexibility index (Phi) is 5.72. The third kappa shape index (κ3) is 5.01. The molecule has 0 bridgehead atoms. The second-order valence-corrected chi connectivity index (χ2v) is 6.70. The molecule has 1 heterocycles. The van der Waals surface area contributed by atoms with Gasteiger partial charge in [0.05, 0.1) is 12.6 Å². The Morgan fingerprint density at radius 3 is 2.48 bits per heavy atom. The maximum absolute atomic E-state index is 12.4. The number of carbonyl (C=O) groups is 1. The summed E-state index contributed by atoms with van der Waals surface area (Å²) in [6.45, 7) is 10.7. The Labute approximate surface area is 127 Å². The van der Waals surface area contributed by atoms with Crippen molar-refractivity contribution in [2.24, 2.45) is 5.92 Å². The Balaban J connectivity index is 2.99. The Bertz CT molecular complexity index is 493. The van der Waals surface area contributed by atoms with Gasteiger partial charge in [-0.3, -0.25) is 4.79 Å². The lowest BCUT2D eigenvalue weighted by Gasteiger charge is -2.23. The molecular weight excluding hydrogens is 266 g/mol. The summed E-state index contributed by atoms with van der Waals surface area (Å²) in [7, 11) is 1.63. The molecule has 1 amide bonds. The van der Waals surface area contributed by atoms with Crippen molar-refractivity contribution < 1.29 is 9.53 Å². The van der Waals surface area contributed by atoms with Crippen LogP contribution in [0.1, 0.15) is 50.7 Å².